The highest BCUT2D eigenvalue weighted by molar-refractivity contribution is 6.36. The van der Waals surface area contributed by atoms with Crippen molar-refractivity contribution >= 4 is 29.1 Å². The molecule has 1 fully saturated rings. The highest BCUT2D eigenvalue weighted by Crippen LogP contribution is 2.26. The third kappa shape index (κ3) is 2.17. The number of hydrogen-bond donors (Lipinski definition) is 1. The summed E-state index contributed by atoms with van der Waals surface area (Å²) in [6, 6.07) is 4.76. The molecule has 2 rings (SSSR count). The van der Waals surface area contributed by atoms with Crippen LogP contribution in [-0.2, 0) is 0 Å². The van der Waals surface area contributed by atoms with Gasteiger partial charge in [0.25, 0.3) is 5.91 Å². The number of benzene rings is 1. The first kappa shape index (κ1) is 11.7. The van der Waals surface area contributed by atoms with Crippen molar-refractivity contribution in [2.45, 2.75) is 12.5 Å². The van der Waals surface area contributed by atoms with Crippen molar-refractivity contribution in [1.29, 1.82) is 0 Å². The first-order valence-electron chi connectivity index (χ1n) is 4.86. The summed E-state index contributed by atoms with van der Waals surface area (Å²) in [4.78, 5) is 13.5. The van der Waals surface area contributed by atoms with Crippen LogP contribution in [0.25, 0.3) is 0 Å². The lowest BCUT2D eigenvalue weighted by molar-refractivity contribution is -0.0668. The smallest absolute Gasteiger partial charge is 0.255 e. The average molecular weight is 260 g/mol. The van der Waals surface area contributed by atoms with E-state index in [9.17, 15) is 9.90 Å². The Hall–Kier alpha value is -0.770. The molecular weight excluding hydrogens is 249 g/mol. The predicted octanol–water partition coefficient (Wildman–Crippen LogP) is 2.20. The van der Waals surface area contributed by atoms with Gasteiger partial charge in [-0.2, -0.15) is 0 Å². The zero-order valence-corrected chi connectivity index (χ0v) is 10.2. The van der Waals surface area contributed by atoms with E-state index in [0.717, 1.165) is 0 Å². The number of hydrogen-bond acceptors (Lipinski definition) is 2. The van der Waals surface area contributed by atoms with Crippen LogP contribution < -0.4 is 0 Å². The summed E-state index contributed by atoms with van der Waals surface area (Å²) in [5.41, 5.74) is -0.351. The number of aliphatic hydroxyl groups is 1. The Balaban J connectivity index is 2.16. The second kappa shape index (κ2) is 3.91. The molecule has 0 spiro atoms. The minimum atomic E-state index is -0.769. The van der Waals surface area contributed by atoms with Gasteiger partial charge < -0.3 is 10.0 Å². The van der Waals surface area contributed by atoms with Gasteiger partial charge in [-0.15, -0.1) is 0 Å². The fourth-order valence-electron chi connectivity index (χ4n) is 1.75. The van der Waals surface area contributed by atoms with E-state index in [4.69, 9.17) is 23.2 Å². The summed E-state index contributed by atoms with van der Waals surface area (Å²) < 4.78 is 0. The molecule has 1 aromatic carbocycles. The molecule has 5 heteroatoms. The third-order valence-electron chi connectivity index (χ3n) is 2.51. The Bertz CT molecular complexity index is 438. The van der Waals surface area contributed by atoms with Gasteiger partial charge in [0.15, 0.2) is 0 Å². The zero-order chi connectivity index (χ0) is 11.9. The van der Waals surface area contributed by atoms with Gasteiger partial charge in [-0.3, -0.25) is 4.79 Å². The highest BCUT2D eigenvalue weighted by atomic mass is 35.5. The molecule has 0 aliphatic carbocycles. The summed E-state index contributed by atoms with van der Waals surface area (Å²) in [5, 5.41) is 10.4. The lowest BCUT2D eigenvalue weighted by Gasteiger charge is -2.44. The van der Waals surface area contributed by atoms with E-state index < -0.39 is 5.60 Å². The summed E-state index contributed by atoms with van der Waals surface area (Å²) in [7, 11) is 0. The molecule has 1 heterocycles. The van der Waals surface area contributed by atoms with Gasteiger partial charge in [0.1, 0.15) is 0 Å². The molecule has 1 saturated heterocycles. The monoisotopic (exact) mass is 259 g/mol. The lowest BCUT2D eigenvalue weighted by atomic mass is 9.96. The van der Waals surface area contributed by atoms with Crippen molar-refractivity contribution in [1.82, 2.24) is 4.90 Å². The van der Waals surface area contributed by atoms with Crippen LogP contribution in [0.1, 0.15) is 17.3 Å². The predicted molar refractivity (Wildman–Crippen MR) is 63.0 cm³/mol. The molecule has 1 N–H and O–H groups in total. The number of rotatable bonds is 1. The Labute approximate surface area is 104 Å². The zero-order valence-electron chi connectivity index (χ0n) is 8.70. The molecule has 1 aliphatic rings. The van der Waals surface area contributed by atoms with E-state index in [1.165, 1.54) is 6.07 Å². The number of carbonyl (C=O) groups is 1. The maximum Gasteiger partial charge on any atom is 0.255 e. The molecule has 0 unspecified atom stereocenters. The van der Waals surface area contributed by atoms with Crippen LogP contribution in [-0.4, -0.2) is 34.6 Å². The molecule has 86 valence electrons. The second-order valence-electron chi connectivity index (χ2n) is 4.28. The van der Waals surface area contributed by atoms with Crippen molar-refractivity contribution in [2.24, 2.45) is 0 Å². The van der Waals surface area contributed by atoms with Crippen molar-refractivity contribution in [3.05, 3.63) is 33.8 Å². The maximum absolute atomic E-state index is 11.9. The molecule has 0 bridgehead atoms. The molecule has 0 atom stereocenters. The van der Waals surface area contributed by atoms with E-state index in [0.29, 0.717) is 28.7 Å². The Kier molecular flexibility index (Phi) is 2.86. The maximum atomic E-state index is 11.9. The number of β-amino-alcohol motifs (C(OH)–C–C–N with tert-alkyl or cyclic N) is 1. The summed E-state index contributed by atoms with van der Waals surface area (Å²) in [6.45, 7) is 2.37. The summed E-state index contributed by atoms with van der Waals surface area (Å²) in [6.07, 6.45) is 0. The van der Waals surface area contributed by atoms with E-state index in [1.54, 1.807) is 24.0 Å². The minimum absolute atomic E-state index is 0.173. The van der Waals surface area contributed by atoms with E-state index >= 15 is 0 Å². The molecule has 0 aromatic heterocycles. The molecule has 16 heavy (non-hydrogen) atoms. The second-order valence-corrected chi connectivity index (χ2v) is 5.13. The molecule has 1 aliphatic heterocycles. The third-order valence-corrected chi connectivity index (χ3v) is 3.06. The largest absolute Gasteiger partial charge is 0.386 e. The molecule has 1 aromatic rings. The first-order chi connectivity index (χ1) is 7.39. The molecular formula is C11H11Cl2NO2. The van der Waals surface area contributed by atoms with Gasteiger partial charge in [-0.1, -0.05) is 23.2 Å². The van der Waals surface area contributed by atoms with Crippen LogP contribution in [0.2, 0.25) is 10.0 Å². The Morgan fingerprint density at radius 1 is 1.44 bits per heavy atom. The average Bonchev–Trinajstić information content (AvgIpc) is 2.13. The van der Waals surface area contributed by atoms with Gasteiger partial charge in [-0.25, -0.2) is 0 Å². The number of nitrogens with zero attached hydrogens (tertiary/aromatic N) is 1. The quantitative estimate of drug-likeness (QED) is 0.840. The fourth-order valence-corrected chi connectivity index (χ4v) is 2.24. The molecule has 0 saturated carbocycles. The van der Waals surface area contributed by atoms with Crippen LogP contribution in [0.4, 0.5) is 0 Å². The summed E-state index contributed by atoms with van der Waals surface area (Å²) in [5.74, 6) is -0.173. The van der Waals surface area contributed by atoms with Crippen molar-refractivity contribution < 1.29 is 9.90 Å². The van der Waals surface area contributed by atoms with Gasteiger partial charge in [0.05, 0.1) is 29.3 Å². The first-order valence-corrected chi connectivity index (χ1v) is 5.61. The van der Waals surface area contributed by atoms with Gasteiger partial charge >= 0.3 is 0 Å². The van der Waals surface area contributed by atoms with E-state index in [2.05, 4.69) is 0 Å². The Morgan fingerprint density at radius 2 is 2.06 bits per heavy atom. The van der Waals surface area contributed by atoms with E-state index in [1.807, 2.05) is 0 Å². The number of amides is 1. The van der Waals surface area contributed by atoms with Gasteiger partial charge in [0.2, 0.25) is 0 Å². The summed E-state index contributed by atoms with van der Waals surface area (Å²) >= 11 is 11.7. The Morgan fingerprint density at radius 3 is 2.56 bits per heavy atom. The normalized spacial score (nSPS) is 18.1. The molecule has 1 amide bonds. The molecule has 0 radical (unpaired) electrons. The molecule has 3 nitrogen and oxygen atoms in total. The topological polar surface area (TPSA) is 40.5 Å². The number of carbonyl (C=O) groups excluding carboxylic acids is 1. The van der Waals surface area contributed by atoms with Crippen LogP contribution in [0.3, 0.4) is 0 Å². The van der Waals surface area contributed by atoms with Crippen LogP contribution in [0, 0.1) is 0 Å². The minimum Gasteiger partial charge on any atom is -0.386 e. The van der Waals surface area contributed by atoms with Crippen molar-refractivity contribution in [3.8, 4) is 0 Å². The lowest BCUT2D eigenvalue weighted by Crippen LogP contribution is -2.61. The van der Waals surface area contributed by atoms with E-state index in [-0.39, 0.29) is 5.91 Å². The van der Waals surface area contributed by atoms with Crippen LogP contribution in [0.15, 0.2) is 18.2 Å². The SMILES string of the molecule is CC1(O)CN(C(=O)c2ccc(Cl)cc2Cl)C1. The van der Waals surface area contributed by atoms with Gasteiger partial charge in [0, 0.05) is 5.02 Å². The van der Waals surface area contributed by atoms with Crippen LogP contribution >= 0.6 is 23.2 Å². The fraction of sp³-hybridized carbons (Fsp3) is 0.364. The highest BCUT2D eigenvalue weighted by Gasteiger charge is 2.40. The van der Waals surface area contributed by atoms with Crippen molar-refractivity contribution in [3.63, 3.8) is 0 Å². The van der Waals surface area contributed by atoms with Crippen LogP contribution in [0.5, 0.6) is 0 Å². The van der Waals surface area contributed by atoms with Gasteiger partial charge in [-0.05, 0) is 25.1 Å². The van der Waals surface area contributed by atoms with Crippen molar-refractivity contribution in [2.75, 3.05) is 13.1 Å². The number of halogens is 2. The standard InChI is InChI=1S/C11H11Cl2NO2/c1-11(16)5-14(6-11)10(15)8-3-2-7(12)4-9(8)13/h2-4,16H,5-6H2,1H3. The number of likely N-dealkylation sites (tertiary alicyclic amines) is 1.